The van der Waals surface area contributed by atoms with Crippen LogP contribution < -0.4 is 10.6 Å². The topological polar surface area (TPSA) is 42.1 Å². The highest BCUT2D eigenvalue weighted by Gasteiger charge is 2.22. The molecule has 1 aromatic heterocycles. The number of aromatic nitrogens is 1. The third kappa shape index (κ3) is 2.06. The molecule has 3 nitrogen and oxygen atoms in total. The van der Waals surface area contributed by atoms with Gasteiger partial charge in [-0.05, 0) is 37.5 Å². The lowest BCUT2D eigenvalue weighted by molar-refractivity contribution is 0.462. The zero-order chi connectivity index (χ0) is 12.4. The number of para-hydroxylation sites is 1. The minimum absolute atomic E-state index is 0.451. The summed E-state index contributed by atoms with van der Waals surface area (Å²) in [4.78, 5) is 7.14. The highest BCUT2D eigenvalue weighted by atomic mass is 15.2. The normalized spacial score (nSPS) is 20.3. The highest BCUT2D eigenvalue weighted by molar-refractivity contribution is 5.80. The van der Waals surface area contributed by atoms with E-state index in [0.717, 1.165) is 17.9 Å². The number of benzene rings is 1. The summed E-state index contributed by atoms with van der Waals surface area (Å²) in [5.41, 5.74) is 6.94. The number of piperidine rings is 1. The molecule has 94 valence electrons. The molecule has 1 aliphatic heterocycles. The van der Waals surface area contributed by atoms with Crippen LogP contribution in [0, 0.1) is 0 Å². The molecule has 3 heteroatoms. The summed E-state index contributed by atoms with van der Waals surface area (Å²) in [6.07, 6.45) is 3.71. The van der Waals surface area contributed by atoms with Gasteiger partial charge < -0.3 is 10.6 Å². The van der Waals surface area contributed by atoms with E-state index in [4.69, 9.17) is 10.7 Å². The minimum atomic E-state index is 0.451. The Bertz CT molecular complexity index is 538. The Balaban J connectivity index is 1.97. The van der Waals surface area contributed by atoms with Crippen LogP contribution in [0.25, 0.3) is 10.9 Å². The first-order chi connectivity index (χ1) is 8.88. The van der Waals surface area contributed by atoms with Gasteiger partial charge in [0.1, 0.15) is 5.82 Å². The summed E-state index contributed by atoms with van der Waals surface area (Å²) in [6.45, 7) is 1.79. The van der Waals surface area contributed by atoms with E-state index >= 15 is 0 Å². The molecule has 0 radical (unpaired) electrons. The summed E-state index contributed by atoms with van der Waals surface area (Å²) >= 11 is 0. The molecule has 0 spiro atoms. The number of hydrogen-bond acceptors (Lipinski definition) is 3. The molecule has 1 fully saturated rings. The summed E-state index contributed by atoms with van der Waals surface area (Å²) in [6, 6.07) is 13.0. The van der Waals surface area contributed by atoms with E-state index in [9.17, 15) is 0 Å². The second-order valence-corrected chi connectivity index (χ2v) is 4.94. The van der Waals surface area contributed by atoms with Gasteiger partial charge in [0.25, 0.3) is 0 Å². The fourth-order valence-electron chi connectivity index (χ4n) is 2.76. The van der Waals surface area contributed by atoms with Crippen molar-refractivity contribution in [1.82, 2.24) is 4.98 Å². The van der Waals surface area contributed by atoms with Gasteiger partial charge in [-0.2, -0.15) is 0 Å². The number of pyridine rings is 1. The van der Waals surface area contributed by atoms with Crippen LogP contribution >= 0.6 is 0 Å². The number of nitrogens with two attached hydrogens (primary N) is 1. The Kier molecular flexibility index (Phi) is 3.15. The minimum Gasteiger partial charge on any atom is -0.352 e. The molecule has 18 heavy (non-hydrogen) atoms. The van der Waals surface area contributed by atoms with Crippen LogP contribution in [-0.2, 0) is 0 Å². The Morgan fingerprint density at radius 2 is 2.06 bits per heavy atom. The van der Waals surface area contributed by atoms with E-state index in [0.29, 0.717) is 12.6 Å². The number of nitrogens with zero attached hydrogens (tertiary/aromatic N) is 2. The van der Waals surface area contributed by atoms with Crippen LogP contribution in [0.15, 0.2) is 36.4 Å². The average Bonchev–Trinajstić information content (AvgIpc) is 2.46. The van der Waals surface area contributed by atoms with E-state index in [1.54, 1.807) is 0 Å². The van der Waals surface area contributed by atoms with E-state index in [1.807, 2.05) is 12.1 Å². The molecule has 0 aliphatic carbocycles. The Morgan fingerprint density at radius 3 is 2.94 bits per heavy atom. The van der Waals surface area contributed by atoms with Crippen LogP contribution in [0.2, 0.25) is 0 Å². The van der Waals surface area contributed by atoms with Crippen LogP contribution in [0.3, 0.4) is 0 Å². The fraction of sp³-hybridized carbons (Fsp3) is 0.400. The maximum Gasteiger partial charge on any atom is 0.129 e. The van der Waals surface area contributed by atoms with Crippen molar-refractivity contribution in [3.8, 4) is 0 Å². The van der Waals surface area contributed by atoms with Crippen LogP contribution in [-0.4, -0.2) is 24.1 Å². The molecule has 3 rings (SSSR count). The maximum atomic E-state index is 5.87. The average molecular weight is 241 g/mol. The smallest absolute Gasteiger partial charge is 0.129 e. The van der Waals surface area contributed by atoms with Crippen molar-refractivity contribution in [2.24, 2.45) is 5.73 Å². The third-order valence-electron chi connectivity index (χ3n) is 3.78. The molecule has 1 unspecified atom stereocenters. The van der Waals surface area contributed by atoms with Gasteiger partial charge in [0.2, 0.25) is 0 Å². The monoisotopic (exact) mass is 241 g/mol. The molecule has 2 N–H and O–H groups in total. The van der Waals surface area contributed by atoms with Crippen molar-refractivity contribution in [1.29, 1.82) is 0 Å². The van der Waals surface area contributed by atoms with Crippen molar-refractivity contribution in [2.45, 2.75) is 25.3 Å². The van der Waals surface area contributed by atoms with Crippen LogP contribution in [0.1, 0.15) is 19.3 Å². The predicted octanol–water partition coefficient (Wildman–Crippen LogP) is 2.55. The number of fused-ring (bicyclic) bond motifs is 1. The molecular weight excluding hydrogens is 222 g/mol. The van der Waals surface area contributed by atoms with Crippen LogP contribution in [0.5, 0.6) is 0 Å². The van der Waals surface area contributed by atoms with Crippen molar-refractivity contribution in [3.05, 3.63) is 36.4 Å². The second kappa shape index (κ2) is 4.94. The zero-order valence-electron chi connectivity index (χ0n) is 10.5. The van der Waals surface area contributed by atoms with Gasteiger partial charge in [0.05, 0.1) is 5.52 Å². The first kappa shape index (κ1) is 11.5. The number of rotatable bonds is 2. The molecular formula is C15H19N3. The SMILES string of the molecule is NCC1CCCCN1c1ccc2ccccc2n1. The zero-order valence-corrected chi connectivity index (χ0v) is 10.5. The third-order valence-corrected chi connectivity index (χ3v) is 3.78. The van der Waals surface area contributed by atoms with E-state index in [2.05, 4.69) is 29.2 Å². The molecule has 1 saturated heterocycles. The van der Waals surface area contributed by atoms with Gasteiger partial charge >= 0.3 is 0 Å². The number of hydrogen-bond donors (Lipinski definition) is 1. The van der Waals surface area contributed by atoms with Gasteiger partial charge in [-0.1, -0.05) is 18.2 Å². The second-order valence-electron chi connectivity index (χ2n) is 4.94. The predicted molar refractivity (Wildman–Crippen MR) is 75.8 cm³/mol. The lowest BCUT2D eigenvalue weighted by atomic mass is 10.0. The Labute approximate surface area is 108 Å². The van der Waals surface area contributed by atoms with Gasteiger partial charge in [0, 0.05) is 24.5 Å². The molecule has 1 aliphatic rings. The lowest BCUT2D eigenvalue weighted by Crippen LogP contribution is -2.44. The molecule has 1 aromatic carbocycles. The van der Waals surface area contributed by atoms with Crippen molar-refractivity contribution in [3.63, 3.8) is 0 Å². The Hall–Kier alpha value is -1.61. The van der Waals surface area contributed by atoms with E-state index in [-0.39, 0.29) is 0 Å². The molecule has 1 atom stereocenters. The fourth-order valence-corrected chi connectivity index (χ4v) is 2.76. The molecule has 0 bridgehead atoms. The van der Waals surface area contributed by atoms with Crippen molar-refractivity contribution in [2.75, 3.05) is 18.0 Å². The molecule has 2 heterocycles. The van der Waals surface area contributed by atoms with Crippen molar-refractivity contribution >= 4 is 16.7 Å². The molecule has 0 saturated carbocycles. The lowest BCUT2D eigenvalue weighted by Gasteiger charge is -2.36. The molecule has 0 amide bonds. The van der Waals surface area contributed by atoms with Gasteiger partial charge in [0.15, 0.2) is 0 Å². The van der Waals surface area contributed by atoms with Crippen LogP contribution in [0.4, 0.5) is 5.82 Å². The van der Waals surface area contributed by atoms with Gasteiger partial charge in [-0.25, -0.2) is 4.98 Å². The molecule has 2 aromatic rings. The quantitative estimate of drug-likeness (QED) is 0.878. The standard InChI is InChI=1S/C15H19N3/c16-11-13-6-3-4-10-18(13)15-9-8-12-5-1-2-7-14(12)17-15/h1-2,5,7-9,13H,3-4,6,10-11,16H2. The maximum absolute atomic E-state index is 5.87. The Morgan fingerprint density at radius 1 is 1.17 bits per heavy atom. The highest BCUT2D eigenvalue weighted by Crippen LogP contribution is 2.24. The van der Waals surface area contributed by atoms with Gasteiger partial charge in [-0.15, -0.1) is 0 Å². The first-order valence-electron chi connectivity index (χ1n) is 6.71. The van der Waals surface area contributed by atoms with E-state index in [1.165, 1.54) is 24.6 Å². The first-order valence-corrected chi connectivity index (χ1v) is 6.71. The van der Waals surface area contributed by atoms with Gasteiger partial charge in [-0.3, -0.25) is 0 Å². The number of anilines is 1. The summed E-state index contributed by atoms with van der Waals surface area (Å²) in [5, 5.41) is 1.20. The summed E-state index contributed by atoms with van der Waals surface area (Å²) < 4.78 is 0. The van der Waals surface area contributed by atoms with Crippen molar-refractivity contribution < 1.29 is 0 Å². The summed E-state index contributed by atoms with van der Waals surface area (Å²) in [7, 11) is 0. The van der Waals surface area contributed by atoms with E-state index < -0.39 is 0 Å². The summed E-state index contributed by atoms with van der Waals surface area (Å²) in [5.74, 6) is 1.07. The largest absolute Gasteiger partial charge is 0.352 e.